The van der Waals surface area contributed by atoms with Gasteiger partial charge < -0.3 is 9.47 Å². The Balaban J connectivity index is 1.21. The standard InChI is InChI=1S/C36H52O3/c1-7-26-11-14-28(15-12-26)38-34(37)39-29-19-21-35(5)27(23-29)13-16-30-32-18-17-31(25(4)10-8-9-24(2)3)36(32,6)22-20-33(30)35/h7,11-15,24-25,29-33H,1,8-10,16-23H2,2-6H3/t25-,29+,30+,31-,32+,33+,35+,36-/m1/s1. The van der Waals surface area contributed by atoms with Gasteiger partial charge in [-0.2, -0.15) is 0 Å². The van der Waals surface area contributed by atoms with Crippen LogP contribution in [-0.4, -0.2) is 12.3 Å². The van der Waals surface area contributed by atoms with Crippen LogP contribution in [0.2, 0.25) is 0 Å². The number of benzene rings is 1. The van der Waals surface area contributed by atoms with Gasteiger partial charge in [-0.1, -0.05) is 90.3 Å². The van der Waals surface area contributed by atoms with Gasteiger partial charge in [-0.05, 0) is 109 Å². The maximum Gasteiger partial charge on any atom is 0.514 e. The van der Waals surface area contributed by atoms with E-state index in [9.17, 15) is 4.79 Å². The molecule has 0 aromatic heterocycles. The van der Waals surface area contributed by atoms with Gasteiger partial charge in [-0.25, -0.2) is 4.79 Å². The lowest BCUT2D eigenvalue weighted by molar-refractivity contribution is -0.0597. The third kappa shape index (κ3) is 5.62. The van der Waals surface area contributed by atoms with Crippen LogP contribution in [-0.2, 0) is 4.74 Å². The Morgan fingerprint density at radius 3 is 2.51 bits per heavy atom. The van der Waals surface area contributed by atoms with Crippen molar-refractivity contribution in [1.82, 2.24) is 0 Å². The largest absolute Gasteiger partial charge is 0.514 e. The van der Waals surface area contributed by atoms with Crippen molar-refractivity contribution in [1.29, 1.82) is 0 Å². The number of carbonyl (C=O) groups excluding carboxylic acids is 1. The summed E-state index contributed by atoms with van der Waals surface area (Å²) in [5, 5.41) is 0. The highest BCUT2D eigenvalue weighted by Gasteiger charge is 2.59. The number of hydrogen-bond acceptors (Lipinski definition) is 3. The van der Waals surface area contributed by atoms with Crippen LogP contribution in [0, 0.1) is 46.3 Å². The Kier molecular flexibility index (Phi) is 8.37. The molecule has 4 aliphatic rings. The summed E-state index contributed by atoms with van der Waals surface area (Å²) in [6.07, 6.45) is 17.6. The third-order valence-electron chi connectivity index (χ3n) is 11.8. The van der Waals surface area contributed by atoms with Gasteiger partial charge >= 0.3 is 6.16 Å². The lowest BCUT2D eigenvalue weighted by atomic mass is 9.47. The third-order valence-corrected chi connectivity index (χ3v) is 11.8. The van der Waals surface area contributed by atoms with E-state index in [0.29, 0.717) is 11.2 Å². The summed E-state index contributed by atoms with van der Waals surface area (Å²) in [4.78, 5) is 12.6. The number of ether oxygens (including phenoxy) is 2. The van der Waals surface area contributed by atoms with Gasteiger partial charge in [0.2, 0.25) is 0 Å². The van der Waals surface area contributed by atoms with E-state index in [0.717, 1.165) is 60.3 Å². The van der Waals surface area contributed by atoms with Crippen LogP contribution in [0.25, 0.3) is 6.08 Å². The first kappa shape index (κ1) is 28.5. The molecule has 5 rings (SSSR count). The summed E-state index contributed by atoms with van der Waals surface area (Å²) >= 11 is 0. The molecule has 0 aliphatic heterocycles. The lowest BCUT2D eigenvalue weighted by Gasteiger charge is -2.58. The molecule has 1 aromatic carbocycles. The molecule has 3 heteroatoms. The maximum atomic E-state index is 12.6. The van der Waals surface area contributed by atoms with Crippen molar-refractivity contribution in [2.24, 2.45) is 46.3 Å². The molecule has 1 aromatic rings. The summed E-state index contributed by atoms with van der Waals surface area (Å²) < 4.78 is 11.3. The molecular formula is C36H52O3. The van der Waals surface area contributed by atoms with Crippen LogP contribution < -0.4 is 4.74 Å². The highest BCUT2D eigenvalue weighted by molar-refractivity contribution is 5.64. The summed E-state index contributed by atoms with van der Waals surface area (Å²) in [5.74, 6) is 5.57. The maximum absolute atomic E-state index is 12.6. The fraction of sp³-hybridized carbons (Fsp3) is 0.694. The van der Waals surface area contributed by atoms with E-state index in [-0.39, 0.29) is 11.5 Å². The van der Waals surface area contributed by atoms with Crippen LogP contribution >= 0.6 is 0 Å². The minimum absolute atomic E-state index is 0.0859. The van der Waals surface area contributed by atoms with E-state index in [1.54, 1.807) is 23.8 Å². The van der Waals surface area contributed by atoms with E-state index < -0.39 is 6.16 Å². The molecule has 0 bridgehead atoms. The molecule has 3 fully saturated rings. The van der Waals surface area contributed by atoms with Crippen LogP contribution in [0.1, 0.15) is 111 Å². The molecule has 4 aliphatic carbocycles. The predicted octanol–water partition coefficient (Wildman–Crippen LogP) is 10.3. The Morgan fingerprint density at radius 1 is 1.03 bits per heavy atom. The van der Waals surface area contributed by atoms with Crippen molar-refractivity contribution in [3.63, 3.8) is 0 Å². The van der Waals surface area contributed by atoms with Crippen molar-refractivity contribution in [2.45, 2.75) is 111 Å². The Morgan fingerprint density at radius 2 is 1.79 bits per heavy atom. The molecule has 0 radical (unpaired) electrons. The van der Waals surface area contributed by atoms with E-state index >= 15 is 0 Å². The molecule has 8 atom stereocenters. The first-order chi connectivity index (χ1) is 18.6. The summed E-state index contributed by atoms with van der Waals surface area (Å²) in [6, 6.07) is 7.36. The zero-order valence-electron chi connectivity index (χ0n) is 25.2. The van der Waals surface area contributed by atoms with Gasteiger partial charge in [0, 0.05) is 6.42 Å². The molecule has 0 spiro atoms. The molecule has 0 saturated heterocycles. The predicted molar refractivity (Wildman–Crippen MR) is 160 cm³/mol. The summed E-state index contributed by atoms with van der Waals surface area (Å²) in [5.41, 5.74) is 3.32. The van der Waals surface area contributed by atoms with Crippen LogP contribution in [0.5, 0.6) is 5.75 Å². The van der Waals surface area contributed by atoms with Crippen molar-refractivity contribution in [3.05, 3.63) is 48.1 Å². The first-order valence-electron chi connectivity index (χ1n) is 15.9. The van der Waals surface area contributed by atoms with E-state index in [2.05, 4.69) is 47.3 Å². The zero-order valence-corrected chi connectivity index (χ0v) is 25.2. The number of allylic oxidation sites excluding steroid dienone is 1. The van der Waals surface area contributed by atoms with Crippen molar-refractivity contribution in [3.8, 4) is 5.75 Å². The molecule has 0 amide bonds. The van der Waals surface area contributed by atoms with Gasteiger partial charge in [0.25, 0.3) is 0 Å². The monoisotopic (exact) mass is 532 g/mol. The minimum Gasteiger partial charge on any atom is -0.430 e. The molecule has 0 heterocycles. The summed E-state index contributed by atoms with van der Waals surface area (Å²) in [6.45, 7) is 16.3. The first-order valence-corrected chi connectivity index (χ1v) is 15.9. The van der Waals surface area contributed by atoms with Crippen molar-refractivity contribution < 1.29 is 14.3 Å². The second kappa shape index (κ2) is 11.5. The fourth-order valence-corrected chi connectivity index (χ4v) is 9.68. The molecule has 0 unspecified atom stereocenters. The van der Waals surface area contributed by atoms with Crippen molar-refractivity contribution in [2.75, 3.05) is 0 Å². The Bertz CT molecular complexity index is 1050. The molecule has 3 nitrogen and oxygen atoms in total. The molecule has 3 saturated carbocycles. The van der Waals surface area contributed by atoms with E-state index in [4.69, 9.17) is 9.47 Å². The van der Waals surface area contributed by atoms with Crippen LogP contribution in [0.15, 0.2) is 42.5 Å². The Hall–Kier alpha value is -2.03. The molecule has 214 valence electrons. The normalized spacial score (nSPS) is 36.3. The van der Waals surface area contributed by atoms with E-state index in [1.807, 2.05) is 12.1 Å². The second-order valence-corrected chi connectivity index (χ2v) is 14.4. The smallest absolute Gasteiger partial charge is 0.430 e. The average molecular weight is 533 g/mol. The van der Waals surface area contributed by atoms with Gasteiger partial charge in [-0.15, -0.1) is 0 Å². The van der Waals surface area contributed by atoms with Gasteiger partial charge in [-0.3, -0.25) is 0 Å². The number of rotatable bonds is 8. The number of hydrogen-bond donors (Lipinski definition) is 0. The minimum atomic E-state index is -0.586. The lowest BCUT2D eigenvalue weighted by Crippen LogP contribution is -2.51. The molecule has 0 N–H and O–H groups in total. The van der Waals surface area contributed by atoms with Crippen LogP contribution in [0.3, 0.4) is 0 Å². The SMILES string of the molecule is C=Cc1ccc(OC(=O)O[C@H]2CC[C@@]3(C)C(=CC[C@H]4[C@@H]5CC[C@H]([C@H](C)CCCC(C)C)[C@@]5(C)CC[C@@H]43)C2)cc1. The van der Waals surface area contributed by atoms with Gasteiger partial charge in [0.05, 0.1) is 0 Å². The number of fused-ring (bicyclic) bond motifs is 5. The van der Waals surface area contributed by atoms with E-state index in [1.165, 1.54) is 51.4 Å². The Labute approximate surface area is 237 Å². The number of carbonyl (C=O) groups is 1. The fourth-order valence-electron chi connectivity index (χ4n) is 9.68. The quantitative estimate of drug-likeness (QED) is 0.190. The highest BCUT2D eigenvalue weighted by Crippen LogP contribution is 2.67. The van der Waals surface area contributed by atoms with Gasteiger partial charge in [0.15, 0.2) is 0 Å². The second-order valence-electron chi connectivity index (χ2n) is 14.4. The van der Waals surface area contributed by atoms with Crippen molar-refractivity contribution >= 4 is 12.2 Å². The van der Waals surface area contributed by atoms with Crippen LogP contribution in [0.4, 0.5) is 4.79 Å². The topological polar surface area (TPSA) is 35.5 Å². The molecule has 39 heavy (non-hydrogen) atoms. The average Bonchev–Trinajstić information content (AvgIpc) is 3.26. The highest BCUT2D eigenvalue weighted by atomic mass is 16.7. The zero-order chi connectivity index (χ0) is 27.8. The summed E-state index contributed by atoms with van der Waals surface area (Å²) in [7, 11) is 0. The molecular weight excluding hydrogens is 480 g/mol. The van der Waals surface area contributed by atoms with Gasteiger partial charge in [0.1, 0.15) is 11.9 Å².